The standard InChI is InChI=1S/C6H11NO.C4H3F3N2/c1-2-3-4-5-7-6-8;5-4(6,7)9-3-1-2-8-9/h2-5H2,1H3;1-3H. The fraction of sp³-hybridized carbons (Fsp3) is 0.600. The molecule has 0 aliphatic carbocycles. The molecule has 0 bridgehead atoms. The Bertz CT molecular complexity index is 329. The van der Waals surface area contributed by atoms with Gasteiger partial charge in [-0.2, -0.15) is 9.78 Å². The summed E-state index contributed by atoms with van der Waals surface area (Å²) in [6.07, 6.45) is 2.41. The highest BCUT2D eigenvalue weighted by Gasteiger charge is 2.30. The molecule has 0 radical (unpaired) electrons. The number of hydrogen-bond acceptors (Lipinski definition) is 3. The van der Waals surface area contributed by atoms with Gasteiger partial charge in [0.1, 0.15) is 0 Å². The van der Waals surface area contributed by atoms with Gasteiger partial charge >= 0.3 is 6.30 Å². The van der Waals surface area contributed by atoms with Gasteiger partial charge in [0.25, 0.3) is 0 Å². The number of carbonyl (C=O) groups excluding carboxylic acids is 1. The van der Waals surface area contributed by atoms with Gasteiger partial charge in [0.05, 0.1) is 6.54 Å². The van der Waals surface area contributed by atoms with Crippen LogP contribution in [0, 0.1) is 0 Å². The molecule has 1 aromatic rings. The van der Waals surface area contributed by atoms with E-state index in [1.807, 2.05) is 0 Å². The second-order valence-electron chi connectivity index (χ2n) is 3.10. The van der Waals surface area contributed by atoms with Crippen molar-refractivity contribution in [1.82, 2.24) is 9.78 Å². The van der Waals surface area contributed by atoms with Gasteiger partial charge in [0, 0.05) is 12.4 Å². The third-order valence-corrected chi connectivity index (χ3v) is 1.70. The van der Waals surface area contributed by atoms with Crippen molar-refractivity contribution in [1.29, 1.82) is 0 Å². The van der Waals surface area contributed by atoms with Crippen LogP contribution in [-0.4, -0.2) is 22.4 Å². The molecule has 0 spiro atoms. The van der Waals surface area contributed by atoms with Crippen LogP contribution in [0.4, 0.5) is 13.2 Å². The molecule has 96 valence electrons. The lowest BCUT2D eigenvalue weighted by Crippen LogP contribution is -2.16. The molecular formula is C10H14F3N3O. The lowest BCUT2D eigenvalue weighted by Gasteiger charge is -2.03. The predicted molar refractivity (Wildman–Crippen MR) is 56.0 cm³/mol. The van der Waals surface area contributed by atoms with E-state index in [-0.39, 0.29) is 4.68 Å². The first kappa shape index (κ1) is 15.4. The van der Waals surface area contributed by atoms with Crippen molar-refractivity contribution >= 4 is 6.08 Å². The lowest BCUT2D eigenvalue weighted by molar-refractivity contribution is -0.212. The van der Waals surface area contributed by atoms with Crippen LogP contribution in [0.5, 0.6) is 0 Å². The van der Waals surface area contributed by atoms with Gasteiger partial charge in [0.2, 0.25) is 6.08 Å². The Balaban J connectivity index is 0.000000304. The highest BCUT2D eigenvalue weighted by molar-refractivity contribution is 5.32. The molecular weight excluding hydrogens is 235 g/mol. The molecule has 4 nitrogen and oxygen atoms in total. The van der Waals surface area contributed by atoms with Crippen molar-refractivity contribution in [2.45, 2.75) is 32.5 Å². The van der Waals surface area contributed by atoms with Crippen molar-refractivity contribution in [3.05, 3.63) is 18.5 Å². The number of aliphatic imine (C=N–C) groups is 1. The van der Waals surface area contributed by atoms with Crippen LogP contribution in [0.3, 0.4) is 0 Å². The Labute approximate surface area is 97.2 Å². The van der Waals surface area contributed by atoms with E-state index in [0.29, 0.717) is 6.54 Å². The number of nitrogens with zero attached hydrogens (tertiary/aromatic N) is 3. The molecule has 0 fully saturated rings. The SMILES string of the molecule is CCCCCN=C=O.FC(F)(F)n1cccn1. The first-order valence-electron chi connectivity index (χ1n) is 5.12. The fourth-order valence-corrected chi connectivity index (χ4v) is 0.905. The third-order valence-electron chi connectivity index (χ3n) is 1.70. The molecule has 0 aliphatic heterocycles. The minimum Gasteiger partial charge on any atom is -0.211 e. The summed E-state index contributed by atoms with van der Waals surface area (Å²) in [6, 6.07) is 1.22. The molecule has 0 unspecified atom stereocenters. The van der Waals surface area contributed by atoms with E-state index < -0.39 is 6.30 Å². The molecule has 0 N–H and O–H groups in total. The van der Waals surface area contributed by atoms with Crippen LogP contribution in [0.25, 0.3) is 0 Å². The average Bonchev–Trinajstić information content (AvgIpc) is 2.78. The molecule has 1 heterocycles. The molecule has 0 saturated heterocycles. The van der Waals surface area contributed by atoms with Gasteiger partial charge in [0.15, 0.2) is 0 Å². The summed E-state index contributed by atoms with van der Waals surface area (Å²) in [7, 11) is 0. The zero-order chi connectivity index (χ0) is 13.1. The van der Waals surface area contributed by atoms with Crippen molar-refractivity contribution in [3.63, 3.8) is 0 Å². The fourth-order valence-electron chi connectivity index (χ4n) is 0.905. The van der Waals surface area contributed by atoms with Gasteiger partial charge in [-0.1, -0.05) is 19.8 Å². The molecule has 7 heteroatoms. The van der Waals surface area contributed by atoms with Gasteiger partial charge in [-0.15, -0.1) is 13.2 Å². The zero-order valence-electron chi connectivity index (χ0n) is 9.44. The van der Waals surface area contributed by atoms with Crippen LogP contribution >= 0.6 is 0 Å². The number of alkyl halides is 3. The van der Waals surface area contributed by atoms with E-state index in [1.54, 1.807) is 0 Å². The number of unbranched alkanes of at least 4 members (excludes halogenated alkanes) is 2. The van der Waals surface area contributed by atoms with Gasteiger partial charge in [-0.05, 0) is 12.5 Å². The Morgan fingerprint density at radius 2 is 2.12 bits per heavy atom. The third kappa shape index (κ3) is 8.21. The maximum Gasteiger partial charge on any atom is 0.504 e. The van der Waals surface area contributed by atoms with E-state index >= 15 is 0 Å². The summed E-state index contributed by atoms with van der Waals surface area (Å²) in [6.45, 7) is 2.77. The monoisotopic (exact) mass is 249 g/mol. The highest BCUT2D eigenvalue weighted by atomic mass is 19.4. The number of halogens is 3. The molecule has 1 rings (SSSR count). The molecule has 1 aromatic heterocycles. The largest absolute Gasteiger partial charge is 0.504 e. The quantitative estimate of drug-likeness (QED) is 0.468. The number of rotatable bonds is 4. The summed E-state index contributed by atoms with van der Waals surface area (Å²) in [4.78, 5) is 12.9. The summed E-state index contributed by atoms with van der Waals surface area (Å²) in [5.74, 6) is 0. The Hall–Kier alpha value is -1.62. The predicted octanol–water partition coefficient (Wildman–Crippen LogP) is 2.87. The average molecular weight is 249 g/mol. The van der Waals surface area contributed by atoms with Crippen molar-refractivity contribution in [2.24, 2.45) is 4.99 Å². The second-order valence-corrected chi connectivity index (χ2v) is 3.10. The van der Waals surface area contributed by atoms with Crippen LogP contribution in [0.2, 0.25) is 0 Å². The van der Waals surface area contributed by atoms with Crippen molar-refractivity contribution in [2.75, 3.05) is 6.54 Å². The Kier molecular flexibility index (Phi) is 7.71. The van der Waals surface area contributed by atoms with Crippen LogP contribution < -0.4 is 0 Å². The minimum absolute atomic E-state index is 0.0625. The van der Waals surface area contributed by atoms with Crippen LogP contribution in [0.1, 0.15) is 26.2 Å². The topological polar surface area (TPSA) is 47.2 Å². The summed E-state index contributed by atoms with van der Waals surface area (Å²) in [5, 5.41) is 2.98. The number of isocyanates is 1. The molecule has 0 aliphatic rings. The maximum atomic E-state index is 11.5. The summed E-state index contributed by atoms with van der Waals surface area (Å²) < 4.78 is 34.5. The zero-order valence-corrected chi connectivity index (χ0v) is 9.44. The summed E-state index contributed by atoms with van der Waals surface area (Å²) >= 11 is 0. The first-order valence-corrected chi connectivity index (χ1v) is 5.12. The van der Waals surface area contributed by atoms with Crippen LogP contribution in [-0.2, 0) is 11.1 Å². The maximum absolute atomic E-state index is 11.5. The van der Waals surface area contributed by atoms with E-state index in [2.05, 4.69) is 17.0 Å². The highest BCUT2D eigenvalue weighted by Crippen LogP contribution is 2.19. The van der Waals surface area contributed by atoms with E-state index in [1.165, 1.54) is 18.6 Å². The smallest absolute Gasteiger partial charge is 0.211 e. The van der Waals surface area contributed by atoms with E-state index in [0.717, 1.165) is 25.2 Å². The molecule has 0 aromatic carbocycles. The van der Waals surface area contributed by atoms with E-state index in [9.17, 15) is 18.0 Å². The summed E-state index contributed by atoms with van der Waals surface area (Å²) in [5.41, 5.74) is 0. The van der Waals surface area contributed by atoms with Crippen LogP contribution in [0.15, 0.2) is 23.5 Å². The molecule has 17 heavy (non-hydrogen) atoms. The van der Waals surface area contributed by atoms with Crippen molar-refractivity contribution < 1.29 is 18.0 Å². The molecule has 0 saturated carbocycles. The molecule has 0 atom stereocenters. The number of hydrogen-bond donors (Lipinski definition) is 0. The van der Waals surface area contributed by atoms with Gasteiger partial charge in [-0.25, -0.2) is 9.79 Å². The normalized spacial score (nSPS) is 10.1. The first-order chi connectivity index (χ1) is 8.02. The van der Waals surface area contributed by atoms with Gasteiger partial charge in [-0.3, -0.25) is 0 Å². The van der Waals surface area contributed by atoms with Gasteiger partial charge < -0.3 is 0 Å². The van der Waals surface area contributed by atoms with E-state index in [4.69, 9.17) is 0 Å². The van der Waals surface area contributed by atoms with Crippen molar-refractivity contribution in [3.8, 4) is 0 Å². The number of aromatic nitrogens is 2. The molecule has 0 amide bonds. The second kappa shape index (κ2) is 8.52. The Morgan fingerprint density at radius 1 is 1.41 bits per heavy atom. The minimum atomic E-state index is -4.37. The lowest BCUT2D eigenvalue weighted by atomic mass is 10.3. The Morgan fingerprint density at radius 3 is 2.47 bits per heavy atom.